The predicted octanol–water partition coefficient (Wildman–Crippen LogP) is 8.12. The van der Waals surface area contributed by atoms with E-state index >= 15 is 0 Å². The third-order valence-electron chi connectivity index (χ3n) is 5.96. The highest BCUT2D eigenvalue weighted by molar-refractivity contribution is 5.61. The normalized spacial score (nSPS) is 12.8. The van der Waals surface area contributed by atoms with Crippen LogP contribution in [0.4, 0.5) is 11.4 Å². The highest BCUT2D eigenvalue weighted by Gasteiger charge is 2.08. The number of benzene rings is 4. The molecule has 0 aliphatic rings. The van der Waals surface area contributed by atoms with E-state index in [4.69, 9.17) is 0 Å². The van der Waals surface area contributed by atoms with Crippen molar-refractivity contribution in [1.82, 2.24) is 0 Å². The Balaban J connectivity index is 1.42. The molecule has 0 saturated heterocycles. The molecule has 0 aliphatic heterocycles. The van der Waals surface area contributed by atoms with Crippen LogP contribution >= 0.6 is 0 Å². The van der Waals surface area contributed by atoms with Gasteiger partial charge in [0.1, 0.15) is 0 Å². The first-order chi connectivity index (χ1) is 15.2. The minimum atomic E-state index is 0.499. The van der Waals surface area contributed by atoms with Crippen molar-refractivity contribution in [2.45, 2.75) is 38.5 Å². The standard InChI is InChI=1S/C30H31N/c1-23(27-13-5-3-6-14-27)19-25-11-9-17-29(21-25)31-30-18-10-12-26(22-30)20-24(2)28-15-7-4-8-16-28/h3-18,21-24,31H,19-20H2,1-2H3. The summed E-state index contributed by atoms with van der Waals surface area (Å²) in [6.45, 7) is 4.60. The van der Waals surface area contributed by atoms with Crippen LogP contribution < -0.4 is 5.32 Å². The zero-order valence-corrected chi connectivity index (χ0v) is 18.5. The number of hydrogen-bond acceptors (Lipinski definition) is 1. The number of rotatable bonds is 8. The van der Waals surface area contributed by atoms with E-state index in [9.17, 15) is 0 Å². The molecular formula is C30H31N. The van der Waals surface area contributed by atoms with Gasteiger partial charge in [-0.2, -0.15) is 0 Å². The maximum atomic E-state index is 3.61. The second kappa shape index (κ2) is 10.1. The number of anilines is 2. The second-order valence-electron chi connectivity index (χ2n) is 8.56. The van der Waals surface area contributed by atoms with Crippen LogP contribution in [0.1, 0.15) is 47.9 Å². The van der Waals surface area contributed by atoms with Crippen molar-refractivity contribution in [3.63, 3.8) is 0 Å². The summed E-state index contributed by atoms with van der Waals surface area (Å²) in [7, 11) is 0. The summed E-state index contributed by atoms with van der Waals surface area (Å²) in [4.78, 5) is 0. The Morgan fingerprint density at radius 3 is 1.35 bits per heavy atom. The molecule has 0 spiro atoms. The highest BCUT2D eigenvalue weighted by Crippen LogP contribution is 2.25. The summed E-state index contributed by atoms with van der Waals surface area (Å²) >= 11 is 0. The molecule has 4 aromatic rings. The van der Waals surface area contributed by atoms with Gasteiger partial charge in [-0.1, -0.05) is 98.8 Å². The first-order valence-corrected chi connectivity index (χ1v) is 11.2. The minimum absolute atomic E-state index is 0.499. The molecule has 1 heteroatoms. The zero-order valence-electron chi connectivity index (χ0n) is 18.5. The highest BCUT2D eigenvalue weighted by atomic mass is 14.9. The fourth-order valence-electron chi connectivity index (χ4n) is 4.22. The van der Waals surface area contributed by atoms with Gasteiger partial charge < -0.3 is 5.32 Å². The predicted molar refractivity (Wildman–Crippen MR) is 133 cm³/mol. The lowest BCUT2D eigenvalue weighted by Crippen LogP contribution is -2.00. The Hall–Kier alpha value is -3.32. The van der Waals surface area contributed by atoms with Crippen LogP contribution in [0.5, 0.6) is 0 Å². The van der Waals surface area contributed by atoms with Crippen LogP contribution in [0.25, 0.3) is 0 Å². The minimum Gasteiger partial charge on any atom is -0.356 e. The monoisotopic (exact) mass is 405 g/mol. The summed E-state index contributed by atoms with van der Waals surface area (Å²) in [5.74, 6) is 0.999. The average Bonchev–Trinajstić information content (AvgIpc) is 2.81. The molecule has 0 fully saturated rings. The first-order valence-electron chi connectivity index (χ1n) is 11.2. The van der Waals surface area contributed by atoms with Gasteiger partial charge >= 0.3 is 0 Å². The molecule has 0 radical (unpaired) electrons. The van der Waals surface area contributed by atoms with Crippen LogP contribution in [-0.4, -0.2) is 0 Å². The Kier molecular flexibility index (Phi) is 6.84. The molecule has 0 aromatic heterocycles. The summed E-state index contributed by atoms with van der Waals surface area (Å²) < 4.78 is 0. The molecule has 0 aliphatic carbocycles. The Morgan fingerprint density at radius 1 is 0.516 bits per heavy atom. The van der Waals surface area contributed by atoms with E-state index in [2.05, 4.69) is 128 Å². The Bertz CT molecular complexity index is 996. The number of nitrogens with one attached hydrogen (secondary N) is 1. The molecule has 1 N–H and O–H groups in total. The maximum absolute atomic E-state index is 3.61. The smallest absolute Gasteiger partial charge is 0.0386 e. The van der Waals surface area contributed by atoms with E-state index in [0.717, 1.165) is 24.2 Å². The molecule has 2 atom stereocenters. The second-order valence-corrected chi connectivity index (χ2v) is 8.56. The van der Waals surface area contributed by atoms with Crippen molar-refractivity contribution in [3.8, 4) is 0 Å². The quantitative estimate of drug-likeness (QED) is 0.312. The van der Waals surface area contributed by atoms with Crippen molar-refractivity contribution in [3.05, 3.63) is 131 Å². The number of hydrogen-bond donors (Lipinski definition) is 1. The van der Waals surface area contributed by atoms with Gasteiger partial charge in [0.15, 0.2) is 0 Å². The zero-order chi connectivity index (χ0) is 21.5. The lowest BCUT2D eigenvalue weighted by Gasteiger charge is -2.15. The lowest BCUT2D eigenvalue weighted by atomic mass is 9.93. The Labute approximate surface area is 186 Å². The van der Waals surface area contributed by atoms with E-state index in [0.29, 0.717) is 11.8 Å². The average molecular weight is 406 g/mol. The van der Waals surface area contributed by atoms with E-state index in [1.54, 1.807) is 0 Å². The van der Waals surface area contributed by atoms with E-state index in [1.807, 2.05) is 0 Å². The molecule has 0 amide bonds. The third kappa shape index (κ3) is 5.86. The van der Waals surface area contributed by atoms with E-state index < -0.39 is 0 Å². The Morgan fingerprint density at radius 2 is 0.935 bits per heavy atom. The fourth-order valence-corrected chi connectivity index (χ4v) is 4.22. The third-order valence-corrected chi connectivity index (χ3v) is 5.96. The van der Waals surface area contributed by atoms with Crippen LogP contribution in [0.2, 0.25) is 0 Å². The SMILES string of the molecule is CC(Cc1cccc(Nc2cccc(CC(C)c3ccccc3)c2)c1)c1ccccc1. The van der Waals surface area contributed by atoms with Gasteiger partial charge in [0, 0.05) is 11.4 Å². The summed E-state index contributed by atoms with van der Waals surface area (Å²) in [5.41, 5.74) is 7.78. The summed E-state index contributed by atoms with van der Waals surface area (Å²) in [6, 6.07) is 39.1. The fraction of sp³-hybridized carbons (Fsp3) is 0.200. The molecule has 0 bridgehead atoms. The van der Waals surface area contributed by atoms with Crippen molar-refractivity contribution in [2.24, 2.45) is 0 Å². The lowest BCUT2D eigenvalue weighted by molar-refractivity contribution is 0.759. The van der Waals surface area contributed by atoms with Crippen molar-refractivity contribution in [2.75, 3.05) is 5.32 Å². The molecule has 31 heavy (non-hydrogen) atoms. The summed E-state index contributed by atoms with van der Waals surface area (Å²) in [6.07, 6.45) is 2.07. The molecule has 0 saturated carbocycles. The van der Waals surface area contributed by atoms with Crippen LogP contribution in [0.15, 0.2) is 109 Å². The van der Waals surface area contributed by atoms with Gasteiger partial charge in [0.2, 0.25) is 0 Å². The first kappa shape index (κ1) is 20.9. The van der Waals surface area contributed by atoms with Gasteiger partial charge in [-0.05, 0) is 71.2 Å². The van der Waals surface area contributed by atoms with Crippen molar-refractivity contribution < 1.29 is 0 Å². The largest absolute Gasteiger partial charge is 0.356 e. The van der Waals surface area contributed by atoms with Crippen molar-refractivity contribution in [1.29, 1.82) is 0 Å². The van der Waals surface area contributed by atoms with Gasteiger partial charge in [-0.15, -0.1) is 0 Å². The van der Waals surface area contributed by atoms with Crippen LogP contribution in [0, 0.1) is 0 Å². The molecule has 2 unspecified atom stereocenters. The van der Waals surface area contributed by atoms with Crippen LogP contribution in [-0.2, 0) is 12.8 Å². The molecule has 4 aromatic carbocycles. The molecule has 0 heterocycles. The molecular weight excluding hydrogens is 374 g/mol. The topological polar surface area (TPSA) is 12.0 Å². The van der Waals surface area contributed by atoms with Gasteiger partial charge in [0.25, 0.3) is 0 Å². The van der Waals surface area contributed by atoms with E-state index in [1.165, 1.54) is 22.3 Å². The van der Waals surface area contributed by atoms with Crippen molar-refractivity contribution >= 4 is 11.4 Å². The molecule has 1 nitrogen and oxygen atoms in total. The summed E-state index contributed by atoms with van der Waals surface area (Å²) in [5, 5.41) is 3.61. The maximum Gasteiger partial charge on any atom is 0.0386 e. The molecule has 156 valence electrons. The van der Waals surface area contributed by atoms with E-state index in [-0.39, 0.29) is 0 Å². The van der Waals surface area contributed by atoms with Crippen LogP contribution in [0.3, 0.4) is 0 Å². The van der Waals surface area contributed by atoms with Gasteiger partial charge in [-0.25, -0.2) is 0 Å². The van der Waals surface area contributed by atoms with Gasteiger partial charge in [0.05, 0.1) is 0 Å². The van der Waals surface area contributed by atoms with Gasteiger partial charge in [-0.3, -0.25) is 0 Å². The molecule has 4 rings (SSSR count).